The molecule has 0 aromatic carbocycles. The maximum atomic E-state index is 2.16. The van der Waals surface area contributed by atoms with Gasteiger partial charge in [0.2, 0.25) is 0 Å². The Bertz CT molecular complexity index is 412. The molecular weight excluding hydrogens is 182 g/mol. The Morgan fingerprint density at radius 1 is 1.07 bits per heavy atom. The molecule has 1 heterocycles. The van der Waals surface area contributed by atoms with E-state index in [1.165, 1.54) is 16.7 Å². The van der Waals surface area contributed by atoms with Crippen molar-refractivity contribution < 1.29 is 0 Å². The number of hydrogen-bond acceptors (Lipinski definition) is 1. The molecule has 2 rings (SSSR count). The Balaban J connectivity index is 2.13. The first-order valence-corrected chi connectivity index (χ1v) is 5.11. The summed E-state index contributed by atoms with van der Waals surface area (Å²) in [6.45, 7) is 2.13. The van der Waals surface area contributed by atoms with Crippen LogP contribution in [0.25, 0.3) is 0 Å². The molecule has 1 heteroatoms. The van der Waals surface area contributed by atoms with Crippen molar-refractivity contribution in [2.75, 3.05) is 7.05 Å². The van der Waals surface area contributed by atoms with Gasteiger partial charge in [-0.25, -0.2) is 0 Å². The molecule has 0 amide bonds. The third-order valence-electron chi connectivity index (χ3n) is 2.54. The molecular formula is C14H15N. The maximum Gasteiger partial charge on any atom is 0.0106 e. The van der Waals surface area contributed by atoms with Crippen LogP contribution in [0.15, 0.2) is 71.7 Å². The van der Waals surface area contributed by atoms with E-state index in [0.29, 0.717) is 0 Å². The van der Waals surface area contributed by atoms with Gasteiger partial charge in [-0.1, -0.05) is 30.4 Å². The van der Waals surface area contributed by atoms with E-state index in [1.807, 2.05) is 11.9 Å². The molecule has 0 aromatic rings. The molecule has 15 heavy (non-hydrogen) atoms. The van der Waals surface area contributed by atoms with Crippen LogP contribution in [0.5, 0.6) is 0 Å². The van der Waals surface area contributed by atoms with Gasteiger partial charge in [-0.15, -0.1) is 0 Å². The largest absolute Gasteiger partial charge is 0.357 e. The highest BCUT2D eigenvalue weighted by Crippen LogP contribution is 2.18. The van der Waals surface area contributed by atoms with Gasteiger partial charge < -0.3 is 4.90 Å². The lowest BCUT2D eigenvalue weighted by molar-refractivity contribution is 0.620. The fourth-order valence-electron chi connectivity index (χ4n) is 1.52. The Hall–Kier alpha value is -1.76. The van der Waals surface area contributed by atoms with Gasteiger partial charge in [0.1, 0.15) is 0 Å². The van der Waals surface area contributed by atoms with Gasteiger partial charge in [-0.05, 0) is 35.8 Å². The van der Waals surface area contributed by atoms with Crippen molar-refractivity contribution in [1.82, 2.24) is 4.90 Å². The topological polar surface area (TPSA) is 3.24 Å². The van der Waals surface area contributed by atoms with Gasteiger partial charge in [-0.3, -0.25) is 0 Å². The summed E-state index contributed by atoms with van der Waals surface area (Å²) in [5.41, 5.74) is 3.85. The molecule has 0 unspecified atom stereocenters. The Morgan fingerprint density at radius 3 is 2.40 bits per heavy atom. The third-order valence-corrected chi connectivity index (χ3v) is 2.54. The highest BCUT2D eigenvalue weighted by molar-refractivity contribution is 5.50. The molecule has 76 valence electrons. The summed E-state index contributed by atoms with van der Waals surface area (Å²) >= 11 is 0. The van der Waals surface area contributed by atoms with Gasteiger partial charge in [0.25, 0.3) is 0 Å². The first kappa shape index (κ1) is 9.78. The summed E-state index contributed by atoms with van der Waals surface area (Å²) in [7, 11) is 2.02. The molecule has 0 bridgehead atoms. The zero-order valence-corrected chi connectivity index (χ0v) is 9.14. The van der Waals surface area contributed by atoms with Crippen molar-refractivity contribution in [1.29, 1.82) is 0 Å². The highest BCUT2D eigenvalue weighted by Gasteiger charge is 1.99. The SMILES string of the molecule is CC1=CC=C/C1=C\C=C1C=CN(C)C=C1. The molecule has 0 radical (unpaired) electrons. The van der Waals surface area contributed by atoms with Crippen molar-refractivity contribution in [3.05, 3.63) is 71.7 Å². The van der Waals surface area contributed by atoms with Crippen LogP contribution in [0.4, 0.5) is 0 Å². The van der Waals surface area contributed by atoms with Crippen molar-refractivity contribution in [3.8, 4) is 0 Å². The molecule has 1 aliphatic heterocycles. The predicted molar refractivity (Wildman–Crippen MR) is 65.1 cm³/mol. The van der Waals surface area contributed by atoms with Crippen LogP contribution in [0.1, 0.15) is 6.92 Å². The first-order valence-electron chi connectivity index (χ1n) is 5.11. The van der Waals surface area contributed by atoms with Crippen LogP contribution >= 0.6 is 0 Å². The Morgan fingerprint density at radius 2 is 1.80 bits per heavy atom. The minimum atomic E-state index is 1.23. The Kier molecular flexibility index (Phi) is 2.72. The van der Waals surface area contributed by atoms with Crippen LogP contribution in [0.2, 0.25) is 0 Å². The quantitative estimate of drug-likeness (QED) is 0.623. The number of hydrogen-bond donors (Lipinski definition) is 0. The molecule has 0 saturated heterocycles. The molecule has 0 aromatic heterocycles. The Labute approximate surface area is 91.1 Å². The molecule has 1 nitrogen and oxygen atoms in total. The summed E-state index contributed by atoms with van der Waals surface area (Å²) in [5, 5.41) is 0. The normalized spacial score (nSPS) is 21.5. The average molecular weight is 197 g/mol. The standard InChI is InChI=1S/C14H15N/c1-12-4-3-5-14(12)7-6-13-8-10-15(2)11-9-13/h3-11H,1-2H3/b14-7+. The lowest BCUT2D eigenvalue weighted by Gasteiger charge is -2.11. The number of nitrogens with zero attached hydrogens (tertiary/aromatic N) is 1. The number of rotatable bonds is 1. The minimum Gasteiger partial charge on any atom is -0.357 e. The summed E-state index contributed by atoms with van der Waals surface area (Å²) < 4.78 is 0. The summed E-state index contributed by atoms with van der Waals surface area (Å²) in [6, 6.07) is 0. The molecule has 0 fully saturated rings. The summed E-state index contributed by atoms with van der Waals surface area (Å²) in [5.74, 6) is 0. The predicted octanol–water partition coefficient (Wildman–Crippen LogP) is 3.33. The van der Waals surface area contributed by atoms with Crippen molar-refractivity contribution in [3.63, 3.8) is 0 Å². The van der Waals surface area contributed by atoms with E-state index in [4.69, 9.17) is 0 Å². The monoisotopic (exact) mass is 197 g/mol. The van der Waals surface area contributed by atoms with Gasteiger partial charge >= 0.3 is 0 Å². The van der Waals surface area contributed by atoms with Crippen LogP contribution < -0.4 is 0 Å². The van der Waals surface area contributed by atoms with E-state index in [-0.39, 0.29) is 0 Å². The molecule has 0 saturated carbocycles. The summed E-state index contributed by atoms with van der Waals surface area (Å²) in [4.78, 5) is 2.03. The van der Waals surface area contributed by atoms with Crippen LogP contribution in [-0.2, 0) is 0 Å². The van der Waals surface area contributed by atoms with Crippen LogP contribution in [0.3, 0.4) is 0 Å². The van der Waals surface area contributed by atoms with E-state index in [0.717, 1.165) is 0 Å². The van der Waals surface area contributed by atoms with E-state index >= 15 is 0 Å². The molecule has 1 aliphatic carbocycles. The van der Waals surface area contributed by atoms with Gasteiger partial charge in [-0.2, -0.15) is 0 Å². The second-order valence-corrected chi connectivity index (χ2v) is 3.79. The molecule has 0 atom stereocenters. The summed E-state index contributed by atoms with van der Waals surface area (Å²) in [6.07, 6.45) is 19.0. The molecule has 0 N–H and O–H groups in total. The fraction of sp³-hybridized carbons (Fsp3) is 0.143. The van der Waals surface area contributed by atoms with Crippen LogP contribution in [-0.4, -0.2) is 11.9 Å². The van der Waals surface area contributed by atoms with Crippen molar-refractivity contribution >= 4 is 0 Å². The number of allylic oxidation sites excluding steroid dienone is 10. The maximum absolute atomic E-state index is 2.16. The van der Waals surface area contributed by atoms with Gasteiger partial charge in [0.05, 0.1) is 0 Å². The van der Waals surface area contributed by atoms with Gasteiger partial charge in [0.15, 0.2) is 0 Å². The first-order chi connectivity index (χ1) is 7.25. The fourth-order valence-corrected chi connectivity index (χ4v) is 1.52. The van der Waals surface area contributed by atoms with E-state index in [9.17, 15) is 0 Å². The molecule has 2 aliphatic rings. The van der Waals surface area contributed by atoms with E-state index < -0.39 is 0 Å². The highest BCUT2D eigenvalue weighted by atomic mass is 15.0. The second kappa shape index (κ2) is 4.18. The third kappa shape index (κ3) is 2.38. The average Bonchev–Trinajstić information content (AvgIpc) is 2.63. The van der Waals surface area contributed by atoms with E-state index in [2.05, 4.69) is 61.9 Å². The minimum absolute atomic E-state index is 1.23. The van der Waals surface area contributed by atoms with Crippen LogP contribution in [0, 0.1) is 0 Å². The van der Waals surface area contributed by atoms with Gasteiger partial charge in [0, 0.05) is 19.4 Å². The van der Waals surface area contributed by atoms with Crippen molar-refractivity contribution in [2.24, 2.45) is 0 Å². The smallest absolute Gasteiger partial charge is 0.0106 e. The lowest BCUT2D eigenvalue weighted by Crippen LogP contribution is -2.02. The second-order valence-electron chi connectivity index (χ2n) is 3.79. The van der Waals surface area contributed by atoms with E-state index in [1.54, 1.807) is 0 Å². The molecule has 0 spiro atoms. The zero-order valence-electron chi connectivity index (χ0n) is 9.14. The van der Waals surface area contributed by atoms with Crippen molar-refractivity contribution in [2.45, 2.75) is 6.92 Å². The lowest BCUT2D eigenvalue weighted by atomic mass is 10.1. The zero-order chi connectivity index (χ0) is 10.7.